The lowest BCUT2D eigenvalue weighted by molar-refractivity contribution is 0.0325. The molecule has 1 fully saturated rings. The molecule has 0 radical (unpaired) electrons. The van der Waals surface area contributed by atoms with Gasteiger partial charge in [0.05, 0.1) is 0 Å². The summed E-state index contributed by atoms with van der Waals surface area (Å²) in [6, 6.07) is 2.23. The van der Waals surface area contributed by atoms with Gasteiger partial charge in [0.2, 0.25) is 0 Å². The van der Waals surface area contributed by atoms with Gasteiger partial charge in [-0.05, 0) is 50.1 Å². The minimum atomic E-state index is 0.228. The smallest absolute Gasteiger partial charge is 0.0282 e. The SMILES string of the molecule is CC1(C)CN(Cc2ccsc2)C(C)(C)CN1. The largest absolute Gasteiger partial charge is 0.309 e. The topological polar surface area (TPSA) is 15.3 Å². The molecule has 16 heavy (non-hydrogen) atoms. The first-order valence-corrected chi connectivity index (χ1v) is 6.85. The van der Waals surface area contributed by atoms with Crippen molar-refractivity contribution in [2.75, 3.05) is 13.1 Å². The molecule has 0 amide bonds. The molecule has 0 unspecified atom stereocenters. The van der Waals surface area contributed by atoms with Crippen molar-refractivity contribution < 1.29 is 0 Å². The number of hydrogen-bond donors (Lipinski definition) is 1. The zero-order valence-electron chi connectivity index (χ0n) is 10.7. The van der Waals surface area contributed by atoms with Crippen LogP contribution in [0.1, 0.15) is 33.3 Å². The normalized spacial score (nSPS) is 24.5. The Morgan fingerprint density at radius 1 is 1.38 bits per heavy atom. The second-order valence-corrected chi connectivity index (χ2v) is 6.82. The summed E-state index contributed by atoms with van der Waals surface area (Å²) in [5.41, 5.74) is 1.92. The molecule has 0 aliphatic carbocycles. The number of rotatable bonds is 2. The van der Waals surface area contributed by atoms with Crippen LogP contribution in [0.2, 0.25) is 0 Å². The van der Waals surface area contributed by atoms with E-state index in [1.54, 1.807) is 11.3 Å². The first-order chi connectivity index (χ1) is 7.39. The van der Waals surface area contributed by atoms with Crippen molar-refractivity contribution in [2.24, 2.45) is 0 Å². The zero-order valence-corrected chi connectivity index (χ0v) is 11.5. The van der Waals surface area contributed by atoms with Gasteiger partial charge in [-0.3, -0.25) is 4.90 Å². The van der Waals surface area contributed by atoms with Gasteiger partial charge in [-0.2, -0.15) is 11.3 Å². The van der Waals surface area contributed by atoms with E-state index in [-0.39, 0.29) is 11.1 Å². The van der Waals surface area contributed by atoms with Crippen LogP contribution in [0.4, 0.5) is 0 Å². The molecule has 3 heteroatoms. The summed E-state index contributed by atoms with van der Waals surface area (Å²) in [5, 5.41) is 8.04. The first kappa shape index (κ1) is 12.1. The molecule has 0 bridgehead atoms. The maximum absolute atomic E-state index is 3.62. The highest BCUT2D eigenvalue weighted by atomic mass is 32.1. The summed E-state index contributed by atoms with van der Waals surface area (Å²) in [4.78, 5) is 2.59. The first-order valence-electron chi connectivity index (χ1n) is 5.90. The number of thiophene rings is 1. The molecule has 1 aliphatic rings. The third kappa shape index (κ3) is 2.65. The van der Waals surface area contributed by atoms with E-state index in [1.165, 1.54) is 5.56 Å². The lowest BCUT2D eigenvalue weighted by atomic mass is 9.91. The van der Waals surface area contributed by atoms with Crippen molar-refractivity contribution in [1.82, 2.24) is 10.2 Å². The van der Waals surface area contributed by atoms with Crippen molar-refractivity contribution in [2.45, 2.75) is 45.3 Å². The van der Waals surface area contributed by atoms with Gasteiger partial charge in [0.15, 0.2) is 0 Å². The molecule has 1 aliphatic heterocycles. The van der Waals surface area contributed by atoms with Gasteiger partial charge in [0.1, 0.15) is 0 Å². The highest BCUT2D eigenvalue weighted by Gasteiger charge is 2.37. The van der Waals surface area contributed by atoms with E-state index >= 15 is 0 Å². The second kappa shape index (κ2) is 4.13. The summed E-state index contributed by atoms with van der Waals surface area (Å²) in [6.07, 6.45) is 0. The molecule has 1 aromatic rings. The van der Waals surface area contributed by atoms with Crippen LogP contribution in [0.25, 0.3) is 0 Å². The van der Waals surface area contributed by atoms with E-state index in [1.807, 2.05) is 0 Å². The molecule has 2 nitrogen and oxygen atoms in total. The Balaban J connectivity index is 2.10. The zero-order chi connectivity index (χ0) is 11.8. The third-order valence-electron chi connectivity index (χ3n) is 3.40. The van der Waals surface area contributed by atoms with Crippen LogP contribution in [0, 0.1) is 0 Å². The van der Waals surface area contributed by atoms with Gasteiger partial charge >= 0.3 is 0 Å². The van der Waals surface area contributed by atoms with Gasteiger partial charge in [0.25, 0.3) is 0 Å². The Hall–Kier alpha value is -0.380. The molecule has 1 N–H and O–H groups in total. The predicted molar refractivity (Wildman–Crippen MR) is 70.9 cm³/mol. The maximum atomic E-state index is 3.62. The lowest BCUT2D eigenvalue weighted by Crippen LogP contribution is -2.65. The van der Waals surface area contributed by atoms with Crippen LogP contribution in [0.15, 0.2) is 16.8 Å². The molecule has 1 aromatic heterocycles. The molecule has 0 aromatic carbocycles. The summed E-state index contributed by atoms with van der Waals surface area (Å²) in [7, 11) is 0. The van der Waals surface area contributed by atoms with E-state index in [0.717, 1.165) is 19.6 Å². The maximum Gasteiger partial charge on any atom is 0.0282 e. The van der Waals surface area contributed by atoms with Gasteiger partial charge < -0.3 is 5.32 Å². The number of nitrogens with one attached hydrogen (secondary N) is 1. The summed E-state index contributed by atoms with van der Waals surface area (Å²) in [5.74, 6) is 0. The van der Waals surface area contributed by atoms with E-state index in [9.17, 15) is 0 Å². The summed E-state index contributed by atoms with van der Waals surface area (Å²) in [6.45, 7) is 12.4. The van der Waals surface area contributed by atoms with Crippen LogP contribution in [-0.2, 0) is 6.54 Å². The average Bonchev–Trinajstić information content (AvgIpc) is 2.65. The Morgan fingerprint density at radius 2 is 2.12 bits per heavy atom. The number of piperazine rings is 1. The molecule has 2 rings (SSSR count). The molecule has 90 valence electrons. The summed E-state index contributed by atoms with van der Waals surface area (Å²) < 4.78 is 0. The minimum absolute atomic E-state index is 0.228. The lowest BCUT2D eigenvalue weighted by Gasteiger charge is -2.49. The molecule has 0 spiro atoms. The quantitative estimate of drug-likeness (QED) is 0.852. The monoisotopic (exact) mass is 238 g/mol. The second-order valence-electron chi connectivity index (χ2n) is 6.04. The standard InChI is InChI=1S/C13H22N2S/c1-12(2)10-15(13(3,4)9-14-12)7-11-5-6-16-8-11/h5-6,8,14H,7,9-10H2,1-4H3. The Bertz CT molecular complexity index is 341. The van der Waals surface area contributed by atoms with E-state index in [2.05, 4.69) is 54.7 Å². The third-order valence-corrected chi connectivity index (χ3v) is 4.13. The molecular weight excluding hydrogens is 216 g/mol. The summed E-state index contributed by atoms with van der Waals surface area (Å²) >= 11 is 1.79. The predicted octanol–water partition coefficient (Wildman–Crippen LogP) is 2.71. The van der Waals surface area contributed by atoms with Gasteiger partial charge in [-0.15, -0.1) is 0 Å². The highest BCUT2D eigenvalue weighted by molar-refractivity contribution is 7.07. The fraction of sp³-hybridized carbons (Fsp3) is 0.692. The van der Waals surface area contributed by atoms with Crippen LogP contribution >= 0.6 is 11.3 Å². The van der Waals surface area contributed by atoms with Crippen LogP contribution < -0.4 is 5.32 Å². The molecule has 2 heterocycles. The molecule has 1 saturated heterocycles. The molecule has 0 atom stereocenters. The van der Waals surface area contributed by atoms with Crippen molar-refractivity contribution >= 4 is 11.3 Å². The van der Waals surface area contributed by atoms with Gasteiger partial charge in [-0.1, -0.05) is 0 Å². The molecular formula is C13H22N2S. The van der Waals surface area contributed by atoms with Crippen molar-refractivity contribution in [3.63, 3.8) is 0 Å². The fourth-order valence-electron chi connectivity index (χ4n) is 2.19. The van der Waals surface area contributed by atoms with Crippen LogP contribution in [0.3, 0.4) is 0 Å². The van der Waals surface area contributed by atoms with Crippen LogP contribution in [0.5, 0.6) is 0 Å². The average molecular weight is 238 g/mol. The Labute approximate surface area is 103 Å². The molecule has 0 saturated carbocycles. The van der Waals surface area contributed by atoms with Crippen molar-refractivity contribution in [1.29, 1.82) is 0 Å². The highest BCUT2D eigenvalue weighted by Crippen LogP contribution is 2.25. The number of hydrogen-bond acceptors (Lipinski definition) is 3. The Morgan fingerprint density at radius 3 is 2.75 bits per heavy atom. The Kier molecular flexibility index (Phi) is 3.12. The van der Waals surface area contributed by atoms with Crippen molar-refractivity contribution in [3.05, 3.63) is 22.4 Å². The van der Waals surface area contributed by atoms with Gasteiger partial charge in [0, 0.05) is 30.7 Å². The fourth-order valence-corrected chi connectivity index (χ4v) is 2.85. The van der Waals surface area contributed by atoms with Crippen LogP contribution in [-0.4, -0.2) is 29.1 Å². The number of nitrogens with zero attached hydrogens (tertiary/aromatic N) is 1. The van der Waals surface area contributed by atoms with Gasteiger partial charge in [-0.25, -0.2) is 0 Å². The van der Waals surface area contributed by atoms with Crippen molar-refractivity contribution in [3.8, 4) is 0 Å². The van der Waals surface area contributed by atoms with E-state index < -0.39 is 0 Å². The van der Waals surface area contributed by atoms with E-state index in [4.69, 9.17) is 0 Å². The van der Waals surface area contributed by atoms with E-state index in [0.29, 0.717) is 0 Å². The minimum Gasteiger partial charge on any atom is -0.309 e.